The van der Waals surface area contributed by atoms with Crippen LogP contribution in [0.15, 0.2) is 48.5 Å². The number of nitrogens with one attached hydrogen (secondary N) is 1. The highest BCUT2D eigenvalue weighted by Crippen LogP contribution is 2.24. The fraction of sp³-hybridized carbons (Fsp3) is 0.435. The minimum atomic E-state index is -0.166. The van der Waals surface area contributed by atoms with E-state index in [0.717, 1.165) is 38.5 Å². The molecular formula is C23H30N2O3. The lowest BCUT2D eigenvalue weighted by atomic mass is 9.87. The summed E-state index contributed by atoms with van der Waals surface area (Å²) in [5, 5.41) is 2.88. The Bertz CT molecular complexity index is 758. The molecule has 1 amide bonds. The lowest BCUT2D eigenvalue weighted by Gasteiger charge is -2.26. The van der Waals surface area contributed by atoms with Gasteiger partial charge in [0.1, 0.15) is 5.75 Å². The Morgan fingerprint density at radius 1 is 1.04 bits per heavy atom. The highest BCUT2D eigenvalue weighted by molar-refractivity contribution is 5.91. The monoisotopic (exact) mass is 382 g/mol. The van der Waals surface area contributed by atoms with Crippen molar-refractivity contribution in [1.29, 1.82) is 0 Å². The second-order valence-corrected chi connectivity index (χ2v) is 8.20. The van der Waals surface area contributed by atoms with Crippen LogP contribution in [0.2, 0.25) is 0 Å². The maximum atomic E-state index is 12.2. The summed E-state index contributed by atoms with van der Waals surface area (Å²) >= 11 is 0. The molecule has 0 radical (unpaired) electrons. The zero-order chi connectivity index (χ0) is 20.0. The summed E-state index contributed by atoms with van der Waals surface area (Å²) in [6.45, 7) is 10.9. The summed E-state index contributed by atoms with van der Waals surface area (Å²) in [5.41, 5.74) is 3.35. The molecule has 0 bridgehead atoms. The molecule has 1 aliphatic heterocycles. The number of rotatable bonds is 6. The number of amides is 1. The molecule has 0 aliphatic carbocycles. The van der Waals surface area contributed by atoms with E-state index in [9.17, 15) is 4.79 Å². The van der Waals surface area contributed by atoms with E-state index in [4.69, 9.17) is 9.47 Å². The predicted octanol–water partition coefficient (Wildman–Crippen LogP) is 3.83. The van der Waals surface area contributed by atoms with E-state index in [1.54, 1.807) is 0 Å². The van der Waals surface area contributed by atoms with Crippen LogP contribution in [0.5, 0.6) is 5.75 Å². The van der Waals surface area contributed by atoms with Crippen molar-refractivity contribution in [2.75, 3.05) is 38.2 Å². The van der Waals surface area contributed by atoms with Crippen molar-refractivity contribution in [3.05, 3.63) is 59.7 Å². The van der Waals surface area contributed by atoms with Gasteiger partial charge in [0.2, 0.25) is 0 Å². The first kappa shape index (κ1) is 20.4. The summed E-state index contributed by atoms with van der Waals surface area (Å²) < 4.78 is 11.0. The molecule has 150 valence electrons. The third kappa shape index (κ3) is 6.08. The topological polar surface area (TPSA) is 50.8 Å². The highest BCUT2D eigenvalue weighted by atomic mass is 16.5. The number of hydrogen-bond acceptors (Lipinski definition) is 4. The van der Waals surface area contributed by atoms with Crippen LogP contribution in [0, 0.1) is 0 Å². The Balaban J connectivity index is 1.45. The van der Waals surface area contributed by atoms with Gasteiger partial charge in [-0.15, -0.1) is 0 Å². The van der Waals surface area contributed by atoms with Gasteiger partial charge in [-0.2, -0.15) is 0 Å². The van der Waals surface area contributed by atoms with Gasteiger partial charge in [-0.25, -0.2) is 0 Å². The van der Waals surface area contributed by atoms with Crippen LogP contribution in [0.4, 0.5) is 5.69 Å². The van der Waals surface area contributed by atoms with Crippen molar-refractivity contribution >= 4 is 11.6 Å². The normalized spacial score (nSPS) is 15.2. The molecule has 1 aliphatic rings. The zero-order valence-electron chi connectivity index (χ0n) is 17.0. The molecule has 5 heteroatoms. The summed E-state index contributed by atoms with van der Waals surface area (Å²) in [4.78, 5) is 14.5. The van der Waals surface area contributed by atoms with Crippen LogP contribution in [0.25, 0.3) is 0 Å². The highest BCUT2D eigenvalue weighted by Gasteiger charge is 2.13. The van der Waals surface area contributed by atoms with E-state index in [0.29, 0.717) is 5.75 Å². The van der Waals surface area contributed by atoms with Crippen molar-refractivity contribution < 1.29 is 14.3 Å². The molecule has 2 aromatic carbocycles. The van der Waals surface area contributed by atoms with Gasteiger partial charge < -0.3 is 14.8 Å². The number of ether oxygens (including phenoxy) is 2. The number of carbonyl (C=O) groups is 1. The maximum absolute atomic E-state index is 12.2. The molecule has 0 aromatic heterocycles. The molecule has 1 heterocycles. The molecule has 1 N–H and O–H groups in total. The van der Waals surface area contributed by atoms with Gasteiger partial charge in [0.15, 0.2) is 6.61 Å². The molecule has 5 nitrogen and oxygen atoms in total. The quantitative estimate of drug-likeness (QED) is 0.825. The molecule has 0 atom stereocenters. The van der Waals surface area contributed by atoms with Gasteiger partial charge >= 0.3 is 0 Å². The number of carbonyl (C=O) groups excluding carboxylic acids is 1. The van der Waals surface area contributed by atoms with Crippen LogP contribution in [-0.2, 0) is 21.5 Å². The number of nitrogens with zero attached hydrogens (tertiary/aromatic N) is 1. The third-order valence-corrected chi connectivity index (χ3v) is 4.84. The SMILES string of the molecule is CC(C)(C)c1ccc(OCC(=O)Nc2ccc(CN3CCOCC3)cc2)cc1. The first-order chi connectivity index (χ1) is 13.4. The van der Waals surface area contributed by atoms with Gasteiger partial charge in [0, 0.05) is 25.3 Å². The van der Waals surface area contributed by atoms with E-state index in [2.05, 4.69) is 43.1 Å². The van der Waals surface area contributed by atoms with Crippen molar-refractivity contribution in [2.24, 2.45) is 0 Å². The summed E-state index contributed by atoms with van der Waals surface area (Å²) in [6.07, 6.45) is 0. The van der Waals surface area contributed by atoms with Crippen LogP contribution in [-0.4, -0.2) is 43.7 Å². The second-order valence-electron chi connectivity index (χ2n) is 8.20. The molecule has 3 rings (SSSR count). The van der Waals surface area contributed by atoms with E-state index < -0.39 is 0 Å². The molecule has 0 spiro atoms. The van der Waals surface area contributed by atoms with Crippen LogP contribution >= 0.6 is 0 Å². The van der Waals surface area contributed by atoms with E-state index in [1.165, 1.54) is 11.1 Å². The molecular weight excluding hydrogens is 352 g/mol. The van der Waals surface area contributed by atoms with Crippen LogP contribution < -0.4 is 10.1 Å². The minimum Gasteiger partial charge on any atom is -0.484 e. The average Bonchev–Trinajstić information content (AvgIpc) is 2.68. The molecule has 1 saturated heterocycles. The Kier molecular flexibility index (Phi) is 6.70. The summed E-state index contributed by atoms with van der Waals surface area (Å²) in [6, 6.07) is 15.9. The number of anilines is 1. The van der Waals surface area contributed by atoms with Crippen LogP contribution in [0.1, 0.15) is 31.9 Å². The van der Waals surface area contributed by atoms with Gasteiger partial charge in [-0.1, -0.05) is 45.0 Å². The Labute approximate surface area is 167 Å². The fourth-order valence-corrected chi connectivity index (χ4v) is 3.11. The first-order valence-electron chi connectivity index (χ1n) is 9.82. The molecule has 0 unspecified atom stereocenters. The molecule has 2 aromatic rings. The number of benzene rings is 2. The summed E-state index contributed by atoms with van der Waals surface area (Å²) in [7, 11) is 0. The fourth-order valence-electron chi connectivity index (χ4n) is 3.11. The van der Waals surface area contributed by atoms with E-state index >= 15 is 0 Å². The molecule has 28 heavy (non-hydrogen) atoms. The second kappa shape index (κ2) is 9.22. The van der Waals surface area contributed by atoms with Gasteiger partial charge in [0.25, 0.3) is 5.91 Å². The minimum absolute atomic E-state index is 0.00953. The van der Waals surface area contributed by atoms with Crippen molar-refractivity contribution in [3.63, 3.8) is 0 Å². The van der Waals surface area contributed by atoms with Gasteiger partial charge in [-0.3, -0.25) is 9.69 Å². The van der Waals surface area contributed by atoms with Gasteiger partial charge in [0.05, 0.1) is 13.2 Å². The van der Waals surface area contributed by atoms with Crippen molar-refractivity contribution in [2.45, 2.75) is 32.7 Å². The van der Waals surface area contributed by atoms with Crippen molar-refractivity contribution in [3.8, 4) is 5.75 Å². The number of hydrogen-bond donors (Lipinski definition) is 1. The molecule has 1 fully saturated rings. The maximum Gasteiger partial charge on any atom is 0.262 e. The lowest BCUT2D eigenvalue weighted by molar-refractivity contribution is -0.118. The molecule has 0 saturated carbocycles. The Hall–Kier alpha value is -2.37. The van der Waals surface area contributed by atoms with Gasteiger partial charge in [-0.05, 0) is 40.8 Å². The lowest BCUT2D eigenvalue weighted by Crippen LogP contribution is -2.35. The van der Waals surface area contributed by atoms with E-state index in [-0.39, 0.29) is 17.9 Å². The van der Waals surface area contributed by atoms with Crippen molar-refractivity contribution in [1.82, 2.24) is 4.90 Å². The Morgan fingerprint density at radius 3 is 2.29 bits per heavy atom. The standard InChI is InChI=1S/C23H30N2O3/c1-23(2,3)19-6-10-21(11-7-19)28-17-22(26)24-20-8-4-18(5-9-20)16-25-12-14-27-15-13-25/h4-11H,12-17H2,1-3H3,(H,24,26). The average molecular weight is 383 g/mol. The number of morpholine rings is 1. The third-order valence-electron chi connectivity index (χ3n) is 4.84. The summed E-state index contributed by atoms with van der Waals surface area (Å²) in [5.74, 6) is 0.532. The smallest absolute Gasteiger partial charge is 0.262 e. The largest absolute Gasteiger partial charge is 0.484 e. The Morgan fingerprint density at radius 2 is 1.68 bits per heavy atom. The zero-order valence-corrected chi connectivity index (χ0v) is 17.0. The first-order valence-corrected chi connectivity index (χ1v) is 9.82. The van der Waals surface area contributed by atoms with Crippen LogP contribution in [0.3, 0.4) is 0 Å². The van der Waals surface area contributed by atoms with E-state index in [1.807, 2.05) is 36.4 Å². The predicted molar refractivity (Wildman–Crippen MR) is 112 cm³/mol.